The number of methoxy groups -OCH3 is 2. The van der Waals surface area contributed by atoms with E-state index in [1.807, 2.05) is 6.92 Å². The van der Waals surface area contributed by atoms with Gasteiger partial charge in [0.1, 0.15) is 5.70 Å². The van der Waals surface area contributed by atoms with Crippen LogP contribution >= 0.6 is 0 Å². The summed E-state index contributed by atoms with van der Waals surface area (Å²) in [7, 11) is 3.09. The molecule has 6 nitrogen and oxygen atoms in total. The smallest absolute Gasteiger partial charge is 0.326 e. The van der Waals surface area contributed by atoms with E-state index in [0.29, 0.717) is 11.5 Å². The van der Waals surface area contributed by atoms with Crippen LogP contribution in [0.2, 0.25) is 0 Å². The minimum atomic E-state index is -0.519. The van der Waals surface area contributed by atoms with Gasteiger partial charge in [0.2, 0.25) is 0 Å². The highest BCUT2D eigenvalue weighted by Crippen LogP contribution is 2.31. The van der Waals surface area contributed by atoms with Gasteiger partial charge in [0.15, 0.2) is 11.5 Å². The fraction of sp³-hybridized carbons (Fsp3) is 0.231. The number of nitrogens with one attached hydrogen (secondary N) is 2. The third-order valence-corrected chi connectivity index (χ3v) is 2.79. The summed E-state index contributed by atoms with van der Waals surface area (Å²) in [6.45, 7) is 1.88. The lowest BCUT2D eigenvalue weighted by molar-refractivity contribution is -0.115. The normalized spacial score (nSPS) is 16.3. The number of benzene rings is 1. The van der Waals surface area contributed by atoms with Gasteiger partial charge in [-0.3, -0.25) is 10.1 Å². The molecule has 1 heterocycles. The third-order valence-electron chi connectivity index (χ3n) is 2.79. The average Bonchev–Trinajstić information content (AvgIpc) is 2.69. The number of hydrogen-bond donors (Lipinski definition) is 2. The minimum absolute atomic E-state index is 0.209. The van der Waals surface area contributed by atoms with Crippen LogP contribution in [0.5, 0.6) is 11.5 Å². The van der Waals surface area contributed by atoms with Crippen molar-refractivity contribution in [1.29, 1.82) is 0 Å². The molecule has 0 aromatic heterocycles. The summed E-state index contributed by atoms with van der Waals surface area (Å²) in [6, 6.07) is 3.04. The number of urea groups is 1. The van der Waals surface area contributed by atoms with E-state index in [1.54, 1.807) is 25.3 Å². The molecule has 3 amide bonds. The van der Waals surface area contributed by atoms with E-state index < -0.39 is 11.9 Å². The number of rotatable bonds is 3. The van der Waals surface area contributed by atoms with Crippen LogP contribution in [-0.4, -0.2) is 26.2 Å². The summed E-state index contributed by atoms with van der Waals surface area (Å²) in [5, 5.41) is 4.58. The SMILES string of the molecule is COc1cc(C)c(/C=C2/NC(=O)NC2=O)cc1OC. The highest BCUT2D eigenvalue weighted by atomic mass is 16.5. The molecule has 19 heavy (non-hydrogen) atoms. The topological polar surface area (TPSA) is 76.7 Å². The molecule has 0 spiro atoms. The Bertz CT molecular complexity index is 578. The van der Waals surface area contributed by atoms with Crippen LogP contribution < -0.4 is 20.1 Å². The third kappa shape index (κ3) is 2.52. The van der Waals surface area contributed by atoms with Crippen LogP contribution in [0.4, 0.5) is 4.79 Å². The number of ether oxygens (including phenoxy) is 2. The molecule has 2 rings (SSSR count). The molecule has 1 aromatic rings. The Morgan fingerprint density at radius 1 is 1.05 bits per heavy atom. The zero-order valence-corrected chi connectivity index (χ0v) is 10.9. The molecule has 1 aromatic carbocycles. The van der Waals surface area contributed by atoms with Gasteiger partial charge in [-0.25, -0.2) is 4.79 Å². The lowest BCUT2D eigenvalue weighted by Crippen LogP contribution is -2.22. The standard InChI is InChI=1S/C13H14N2O4/c1-7-4-10(18-2)11(19-3)6-8(7)5-9-12(16)15-13(17)14-9/h4-6H,1-3H3,(H2,14,15,16,17)/b9-5+. The van der Waals surface area contributed by atoms with Gasteiger partial charge < -0.3 is 14.8 Å². The highest BCUT2D eigenvalue weighted by molar-refractivity contribution is 6.14. The molecule has 1 aliphatic rings. The van der Waals surface area contributed by atoms with Gasteiger partial charge in [-0.15, -0.1) is 0 Å². The van der Waals surface area contributed by atoms with Crippen LogP contribution in [0.1, 0.15) is 11.1 Å². The Morgan fingerprint density at radius 3 is 2.21 bits per heavy atom. The Labute approximate surface area is 110 Å². The molecule has 0 radical (unpaired) electrons. The van der Waals surface area contributed by atoms with Crippen molar-refractivity contribution in [3.63, 3.8) is 0 Å². The first-order valence-corrected chi connectivity index (χ1v) is 5.62. The monoisotopic (exact) mass is 262 g/mol. The maximum Gasteiger partial charge on any atom is 0.326 e. The number of aryl methyl sites for hydroxylation is 1. The molecule has 6 heteroatoms. The van der Waals surface area contributed by atoms with E-state index in [1.165, 1.54) is 7.11 Å². The lowest BCUT2D eigenvalue weighted by Gasteiger charge is -2.10. The predicted molar refractivity (Wildman–Crippen MR) is 68.9 cm³/mol. The molecule has 0 bridgehead atoms. The van der Waals surface area contributed by atoms with Gasteiger partial charge in [0.25, 0.3) is 5.91 Å². The largest absolute Gasteiger partial charge is 0.493 e. The summed E-state index contributed by atoms with van der Waals surface area (Å²) in [5.41, 5.74) is 1.88. The molecule has 1 saturated heterocycles. The van der Waals surface area contributed by atoms with Crippen LogP contribution in [-0.2, 0) is 4.79 Å². The second kappa shape index (κ2) is 5.01. The van der Waals surface area contributed by atoms with Crippen LogP contribution in [0.3, 0.4) is 0 Å². The number of carbonyl (C=O) groups is 2. The second-order valence-electron chi connectivity index (χ2n) is 4.03. The van der Waals surface area contributed by atoms with E-state index >= 15 is 0 Å². The summed E-state index contributed by atoms with van der Waals surface area (Å²) >= 11 is 0. The van der Waals surface area contributed by atoms with Crippen molar-refractivity contribution in [1.82, 2.24) is 10.6 Å². The van der Waals surface area contributed by atoms with Crippen LogP contribution in [0, 0.1) is 6.92 Å². The average molecular weight is 262 g/mol. The van der Waals surface area contributed by atoms with Gasteiger partial charge in [-0.2, -0.15) is 0 Å². The first-order chi connectivity index (χ1) is 9.05. The van der Waals surface area contributed by atoms with Crippen molar-refractivity contribution in [2.45, 2.75) is 6.92 Å². The number of imide groups is 1. The van der Waals surface area contributed by atoms with E-state index in [-0.39, 0.29) is 5.70 Å². The van der Waals surface area contributed by atoms with Gasteiger partial charge in [-0.05, 0) is 36.3 Å². The Hall–Kier alpha value is -2.50. The zero-order chi connectivity index (χ0) is 14.0. The Kier molecular flexibility index (Phi) is 3.41. The first kappa shape index (κ1) is 12.9. The fourth-order valence-corrected chi connectivity index (χ4v) is 1.79. The molecule has 1 fully saturated rings. The van der Waals surface area contributed by atoms with E-state index in [4.69, 9.17) is 9.47 Å². The van der Waals surface area contributed by atoms with Crippen molar-refractivity contribution in [2.75, 3.05) is 14.2 Å². The second-order valence-corrected chi connectivity index (χ2v) is 4.03. The first-order valence-electron chi connectivity index (χ1n) is 5.62. The highest BCUT2D eigenvalue weighted by Gasteiger charge is 2.23. The Balaban J connectivity index is 2.43. The molecule has 100 valence electrons. The van der Waals surface area contributed by atoms with Crippen LogP contribution in [0.25, 0.3) is 6.08 Å². The van der Waals surface area contributed by atoms with Gasteiger partial charge >= 0.3 is 6.03 Å². The fourth-order valence-electron chi connectivity index (χ4n) is 1.79. The maximum absolute atomic E-state index is 11.5. The molecule has 2 N–H and O–H groups in total. The van der Waals surface area contributed by atoms with Crippen molar-refractivity contribution >= 4 is 18.0 Å². The maximum atomic E-state index is 11.5. The summed E-state index contributed by atoms with van der Waals surface area (Å²) < 4.78 is 10.4. The van der Waals surface area contributed by atoms with Crippen LogP contribution in [0.15, 0.2) is 17.8 Å². The molecular formula is C13H14N2O4. The van der Waals surface area contributed by atoms with Crippen molar-refractivity contribution < 1.29 is 19.1 Å². The van der Waals surface area contributed by atoms with Gasteiger partial charge in [0, 0.05) is 0 Å². The predicted octanol–water partition coefficient (Wildman–Crippen LogP) is 1.19. The van der Waals surface area contributed by atoms with E-state index in [2.05, 4.69) is 10.6 Å². The number of amides is 3. The van der Waals surface area contributed by atoms with Gasteiger partial charge in [-0.1, -0.05) is 0 Å². The van der Waals surface area contributed by atoms with E-state index in [9.17, 15) is 9.59 Å². The summed E-state index contributed by atoms with van der Waals surface area (Å²) in [5.74, 6) is 0.728. The lowest BCUT2D eigenvalue weighted by atomic mass is 10.1. The number of carbonyl (C=O) groups excluding carboxylic acids is 2. The zero-order valence-electron chi connectivity index (χ0n) is 10.9. The molecule has 1 aliphatic heterocycles. The Morgan fingerprint density at radius 2 is 1.68 bits per heavy atom. The van der Waals surface area contributed by atoms with Crippen molar-refractivity contribution in [3.05, 3.63) is 29.0 Å². The van der Waals surface area contributed by atoms with E-state index in [0.717, 1.165) is 11.1 Å². The summed E-state index contributed by atoms with van der Waals surface area (Å²) in [6.07, 6.45) is 1.59. The molecule has 0 saturated carbocycles. The van der Waals surface area contributed by atoms with Gasteiger partial charge in [0.05, 0.1) is 14.2 Å². The quantitative estimate of drug-likeness (QED) is 0.633. The summed E-state index contributed by atoms with van der Waals surface area (Å²) in [4.78, 5) is 22.5. The molecular weight excluding hydrogens is 248 g/mol. The molecule has 0 aliphatic carbocycles. The molecule has 0 unspecified atom stereocenters. The number of hydrogen-bond acceptors (Lipinski definition) is 4. The minimum Gasteiger partial charge on any atom is -0.493 e. The van der Waals surface area contributed by atoms with Crippen molar-refractivity contribution in [2.24, 2.45) is 0 Å². The van der Waals surface area contributed by atoms with Crippen molar-refractivity contribution in [3.8, 4) is 11.5 Å². The molecule has 0 atom stereocenters.